The van der Waals surface area contributed by atoms with Gasteiger partial charge in [0.05, 0.1) is 32.5 Å². The third-order valence-electron chi connectivity index (χ3n) is 4.67. The minimum absolute atomic E-state index is 0.0191. The van der Waals surface area contributed by atoms with E-state index in [9.17, 15) is 9.90 Å². The molecule has 1 N–H and O–H groups in total. The van der Waals surface area contributed by atoms with E-state index in [0.29, 0.717) is 19.5 Å². The number of hydrogen-bond acceptors (Lipinski definition) is 5. The van der Waals surface area contributed by atoms with E-state index in [4.69, 9.17) is 9.15 Å². The van der Waals surface area contributed by atoms with Gasteiger partial charge in [0.25, 0.3) is 0 Å². The van der Waals surface area contributed by atoms with E-state index in [1.165, 1.54) is 0 Å². The van der Waals surface area contributed by atoms with Crippen LogP contribution in [-0.2, 0) is 16.0 Å². The molecule has 2 aromatic rings. The highest BCUT2D eigenvalue weighted by Crippen LogP contribution is 2.23. The van der Waals surface area contributed by atoms with Crippen molar-refractivity contribution in [2.24, 2.45) is 0 Å². The first-order chi connectivity index (χ1) is 12.2. The number of carbonyl (C=O) groups is 1. The second-order valence-corrected chi connectivity index (χ2v) is 6.50. The van der Waals surface area contributed by atoms with Crippen LogP contribution in [0.3, 0.4) is 0 Å². The molecule has 1 fully saturated rings. The zero-order chi connectivity index (χ0) is 17.6. The van der Waals surface area contributed by atoms with Gasteiger partial charge >= 0.3 is 0 Å². The summed E-state index contributed by atoms with van der Waals surface area (Å²) in [5.41, 5.74) is 2.84. The Labute approximate surface area is 148 Å². The van der Waals surface area contributed by atoms with Crippen molar-refractivity contribution >= 4 is 16.9 Å². The first-order valence-electron chi connectivity index (χ1n) is 8.83. The number of hydrogen-bond donors (Lipinski definition) is 1. The van der Waals surface area contributed by atoms with Crippen LogP contribution in [-0.4, -0.2) is 73.4 Å². The maximum Gasteiger partial charge on any atom is 0.227 e. The molecule has 3 rings (SSSR count). The van der Waals surface area contributed by atoms with Crippen LogP contribution in [0.1, 0.15) is 11.1 Å². The summed E-state index contributed by atoms with van der Waals surface area (Å²) in [4.78, 5) is 16.7. The Morgan fingerprint density at radius 3 is 2.84 bits per heavy atom. The molecule has 1 saturated heterocycles. The first kappa shape index (κ1) is 17.9. The molecule has 1 aliphatic heterocycles. The van der Waals surface area contributed by atoms with Crippen LogP contribution in [0.25, 0.3) is 11.0 Å². The molecule has 1 aliphatic rings. The highest BCUT2D eigenvalue weighted by molar-refractivity contribution is 5.88. The van der Waals surface area contributed by atoms with Gasteiger partial charge in [0, 0.05) is 43.7 Å². The third kappa shape index (κ3) is 4.60. The Morgan fingerprint density at radius 1 is 1.28 bits per heavy atom. The minimum atomic E-state index is -0.0276. The van der Waals surface area contributed by atoms with Crippen molar-refractivity contribution in [3.05, 3.63) is 35.6 Å². The molecule has 25 heavy (non-hydrogen) atoms. The molecule has 0 atom stereocenters. The predicted octanol–water partition coefficient (Wildman–Crippen LogP) is 1.44. The SMILES string of the molecule is Cc1ccc2c(CC(=O)N(CCO)CCN3CCOCC3)coc2c1. The minimum Gasteiger partial charge on any atom is -0.464 e. The smallest absolute Gasteiger partial charge is 0.227 e. The standard InChI is InChI=1S/C19H26N2O4/c1-15-2-3-17-16(14-25-18(17)12-15)13-19(23)21(6-9-22)5-4-20-7-10-24-11-8-20/h2-3,12,14,22H,4-11,13H2,1H3. The molecule has 0 spiro atoms. The normalized spacial score (nSPS) is 15.6. The highest BCUT2D eigenvalue weighted by Gasteiger charge is 2.18. The predicted molar refractivity (Wildman–Crippen MR) is 95.6 cm³/mol. The summed E-state index contributed by atoms with van der Waals surface area (Å²) in [6.07, 6.45) is 1.96. The fourth-order valence-electron chi connectivity index (χ4n) is 3.17. The molecule has 1 amide bonds. The van der Waals surface area contributed by atoms with Crippen molar-refractivity contribution in [3.63, 3.8) is 0 Å². The molecule has 2 heterocycles. The average molecular weight is 346 g/mol. The number of morpholine rings is 1. The third-order valence-corrected chi connectivity index (χ3v) is 4.67. The fraction of sp³-hybridized carbons (Fsp3) is 0.526. The quantitative estimate of drug-likeness (QED) is 0.822. The Morgan fingerprint density at radius 2 is 2.08 bits per heavy atom. The van der Waals surface area contributed by atoms with Gasteiger partial charge < -0.3 is 19.2 Å². The number of carbonyl (C=O) groups excluding carboxylic acids is 1. The molecule has 6 nitrogen and oxygen atoms in total. The van der Waals surface area contributed by atoms with E-state index in [2.05, 4.69) is 4.90 Å². The van der Waals surface area contributed by atoms with Crippen LogP contribution in [0, 0.1) is 6.92 Å². The Kier molecular flexibility index (Phi) is 6.07. The largest absolute Gasteiger partial charge is 0.464 e. The number of aryl methyl sites for hydroxylation is 1. The number of ether oxygens (including phenoxy) is 1. The van der Waals surface area contributed by atoms with Crippen LogP contribution in [0.4, 0.5) is 0 Å². The number of furan rings is 1. The Balaban J connectivity index is 1.62. The first-order valence-corrected chi connectivity index (χ1v) is 8.83. The molecule has 0 unspecified atom stereocenters. The van der Waals surface area contributed by atoms with Crippen molar-refractivity contribution in [3.8, 4) is 0 Å². The molecule has 1 aromatic heterocycles. The number of nitrogens with zero attached hydrogens (tertiary/aromatic N) is 2. The monoisotopic (exact) mass is 346 g/mol. The summed E-state index contributed by atoms with van der Waals surface area (Å²) in [5, 5.41) is 10.3. The van der Waals surface area contributed by atoms with E-state index >= 15 is 0 Å². The van der Waals surface area contributed by atoms with E-state index < -0.39 is 0 Å². The van der Waals surface area contributed by atoms with E-state index in [1.54, 1.807) is 11.2 Å². The molecule has 0 aliphatic carbocycles. The molecule has 0 bridgehead atoms. The van der Waals surface area contributed by atoms with Crippen molar-refractivity contribution in [1.82, 2.24) is 9.80 Å². The molecular formula is C19H26N2O4. The zero-order valence-electron chi connectivity index (χ0n) is 14.7. The van der Waals surface area contributed by atoms with Gasteiger partial charge in [-0.15, -0.1) is 0 Å². The van der Waals surface area contributed by atoms with Gasteiger partial charge in [0.1, 0.15) is 5.58 Å². The van der Waals surface area contributed by atoms with E-state index in [0.717, 1.165) is 54.9 Å². The van der Waals surface area contributed by atoms with Gasteiger partial charge in [-0.2, -0.15) is 0 Å². The lowest BCUT2D eigenvalue weighted by Gasteiger charge is -2.30. The van der Waals surface area contributed by atoms with Gasteiger partial charge in [-0.3, -0.25) is 9.69 Å². The van der Waals surface area contributed by atoms with Crippen LogP contribution >= 0.6 is 0 Å². The molecule has 136 valence electrons. The van der Waals surface area contributed by atoms with E-state index in [-0.39, 0.29) is 12.5 Å². The lowest BCUT2D eigenvalue weighted by atomic mass is 10.1. The van der Waals surface area contributed by atoms with Crippen LogP contribution in [0.2, 0.25) is 0 Å². The van der Waals surface area contributed by atoms with Gasteiger partial charge in [-0.1, -0.05) is 12.1 Å². The van der Waals surface area contributed by atoms with Gasteiger partial charge in [-0.05, 0) is 18.6 Å². The Hall–Kier alpha value is -1.89. The second-order valence-electron chi connectivity index (χ2n) is 6.50. The number of fused-ring (bicyclic) bond motifs is 1. The summed E-state index contributed by atoms with van der Waals surface area (Å²) in [6, 6.07) is 6.00. The average Bonchev–Trinajstić information content (AvgIpc) is 3.01. The van der Waals surface area contributed by atoms with E-state index in [1.807, 2.05) is 25.1 Å². The van der Waals surface area contributed by atoms with Crippen molar-refractivity contribution in [2.75, 3.05) is 52.5 Å². The summed E-state index contributed by atoms with van der Waals surface area (Å²) in [6.45, 7) is 7.05. The van der Waals surface area contributed by atoms with Gasteiger partial charge in [-0.25, -0.2) is 0 Å². The summed E-state index contributed by atoms with van der Waals surface area (Å²) in [7, 11) is 0. The lowest BCUT2D eigenvalue weighted by molar-refractivity contribution is -0.131. The number of aliphatic hydroxyl groups is 1. The number of aliphatic hydroxyl groups excluding tert-OH is 1. The van der Waals surface area contributed by atoms with Crippen LogP contribution < -0.4 is 0 Å². The Bertz CT molecular complexity index is 707. The molecule has 0 radical (unpaired) electrons. The summed E-state index contributed by atoms with van der Waals surface area (Å²) < 4.78 is 10.9. The maximum absolute atomic E-state index is 12.7. The second kappa shape index (κ2) is 8.47. The topological polar surface area (TPSA) is 66.2 Å². The summed E-state index contributed by atoms with van der Waals surface area (Å²) >= 11 is 0. The molecule has 6 heteroatoms. The zero-order valence-corrected chi connectivity index (χ0v) is 14.7. The maximum atomic E-state index is 12.7. The van der Waals surface area contributed by atoms with Crippen molar-refractivity contribution in [2.45, 2.75) is 13.3 Å². The van der Waals surface area contributed by atoms with Crippen LogP contribution in [0.15, 0.2) is 28.9 Å². The molecule has 0 saturated carbocycles. The molecule has 1 aromatic carbocycles. The lowest BCUT2D eigenvalue weighted by Crippen LogP contribution is -2.44. The highest BCUT2D eigenvalue weighted by atomic mass is 16.5. The van der Waals surface area contributed by atoms with Crippen molar-refractivity contribution in [1.29, 1.82) is 0 Å². The fourth-order valence-corrected chi connectivity index (χ4v) is 3.17. The van der Waals surface area contributed by atoms with Gasteiger partial charge in [0.15, 0.2) is 0 Å². The van der Waals surface area contributed by atoms with Crippen LogP contribution in [0.5, 0.6) is 0 Å². The van der Waals surface area contributed by atoms with Gasteiger partial charge in [0.2, 0.25) is 5.91 Å². The number of rotatable bonds is 7. The summed E-state index contributed by atoms with van der Waals surface area (Å²) in [5.74, 6) is 0.0191. The molecular weight excluding hydrogens is 320 g/mol. The number of amides is 1. The number of benzene rings is 1. The van der Waals surface area contributed by atoms with Crippen molar-refractivity contribution < 1.29 is 19.1 Å².